The summed E-state index contributed by atoms with van der Waals surface area (Å²) in [7, 11) is 1.46. The molecule has 0 spiro atoms. The lowest BCUT2D eigenvalue weighted by atomic mass is 10.0. The maximum atomic E-state index is 11.9. The first-order valence-electron chi connectivity index (χ1n) is 7.48. The van der Waals surface area contributed by atoms with Gasteiger partial charge in [0.1, 0.15) is 0 Å². The molecule has 0 bridgehead atoms. The van der Waals surface area contributed by atoms with Crippen molar-refractivity contribution >= 4 is 12.0 Å². The van der Waals surface area contributed by atoms with E-state index in [1.54, 1.807) is 0 Å². The van der Waals surface area contributed by atoms with Gasteiger partial charge in [0.05, 0.1) is 12.7 Å². The number of aliphatic carboxylic acids is 1. The number of aliphatic hydroxyl groups is 1. The van der Waals surface area contributed by atoms with Crippen LogP contribution >= 0.6 is 0 Å². The van der Waals surface area contributed by atoms with Crippen LogP contribution < -0.4 is 10.6 Å². The molecule has 0 aliphatic carbocycles. The number of carbonyl (C=O) groups is 2. The number of benzene rings is 1. The van der Waals surface area contributed by atoms with E-state index in [0.29, 0.717) is 12.8 Å². The van der Waals surface area contributed by atoms with Gasteiger partial charge in [-0.1, -0.05) is 30.3 Å². The number of hydrogen-bond donors (Lipinski definition) is 4. The van der Waals surface area contributed by atoms with E-state index in [9.17, 15) is 14.7 Å². The molecular weight excluding hydrogens is 300 g/mol. The van der Waals surface area contributed by atoms with Gasteiger partial charge < -0.3 is 25.6 Å². The maximum Gasteiger partial charge on any atom is 0.315 e. The van der Waals surface area contributed by atoms with Crippen LogP contribution in [0.15, 0.2) is 30.3 Å². The van der Waals surface area contributed by atoms with Crippen molar-refractivity contribution < 1.29 is 24.5 Å². The zero-order valence-electron chi connectivity index (χ0n) is 13.2. The zero-order chi connectivity index (χ0) is 17.1. The molecule has 1 aromatic rings. The van der Waals surface area contributed by atoms with Crippen LogP contribution in [-0.4, -0.2) is 54.6 Å². The molecule has 0 radical (unpaired) electrons. The number of carbonyl (C=O) groups excluding carboxylic acids is 1. The molecule has 128 valence electrons. The molecule has 0 aliphatic heterocycles. The maximum absolute atomic E-state index is 11.9. The van der Waals surface area contributed by atoms with Crippen LogP contribution in [0.5, 0.6) is 0 Å². The van der Waals surface area contributed by atoms with Crippen LogP contribution in [0, 0.1) is 0 Å². The van der Waals surface area contributed by atoms with Crippen LogP contribution in [0.25, 0.3) is 0 Å². The second-order valence-corrected chi connectivity index (χ2v) is 5.28. The Morgan fingerprint density at radius 2 is 1.96 bits per heavy atom. The molecule has 7 nitrogen and oxygen atoms in total. The van der Waals surface area contributed by atoms with E-state index >= 15 is 0 Å². The Morgan fingerprint density at radius 3 is 2.57 bits per heavy atom. The molecule has 7 heteroatoms. The van der Waals surface area contributed by atoms with Crippen LogP contribution in [-0.2, 0) is 16.0 Å². The quantitative estimate of drug-likeness (QED) is 0.508. The van der Waals surface area contributed by atoms with Crippen molar-refractivity contribution in [2.24, 2.45) is 0 Å². The molecule has 2 amide bonds. The molecule has 0 aliphatic rings. The predicted molar refractivity (Wildman–Crippen MR) is 85.2 cm³/mol. The zero-order valence-corrected chi connectivity index (χ0v) is 13.2. The molecule has 0 saturated heterocycles. The van der Waals surface area contributed by atoms with Crippen LogP contribution in [0.3, 0.4) is 0 Å². The minimum absolute atomic E-state index is 0.0237. The number of nitrogens with one attached hydrogen (secondary N) is 2. The highest BCUT2D eigenvalue weighted by atomic mass is 16.5. The molecule has 0 saturated carbocycles. The number of carboxylic acids is 1. The van der Waals surface area contributed by atoms with Gasteiger partial charge in [0.2, 0.25) is 0 Å². The first-order valence-corrected chi connectivity index (χ1v) is 7.48. The number of amides is 2. The van der Waals surface area contributed by atoms with Crippen molar-refractivity contribution in [3.63, 3.8) is 0 Å². The molecule has 2 unspecified atom stereocenters. The second kappa shape index (κ2) is 10.6. The van der Waals surface area contributed by atoms with E-state index in [0.717, 1.165) is 5.56 Å². The Balaban J connectivity index is 2.50. The summed E-state index contributed by atoms with van der Waals surface area (Å²) in [6.45, 7) is 0.198. The molecule has 0 fully saturated rings. The van der Waals surface area contributed by atoms with E-state index in [-0.39, 0.29) is 25.6 Å². The van der Waals surface area contributed by atoms with E-state index in [2.05, 4.69) is 10.6 Å². The number of hydrogen-bond acceptors (Lipinski definition) is 4. The summed E-state index contributed by atoms with van der Waals surface area (Å²) in [5, 5.41) is 23.6. The summed E-state index contributed by atoms with van der Waals surface area (Å²) in [4.78, 5) is 22.6. The van der Waals surface area contributed by atoms with Gasteiger partial charge in [-0.3, -0.25) is 4.79 Å². The Kier molecular flexibility index (Phi) is 8.71. The monoisotopic (exact) mass is 324 g/mol. The summed E-state index contributed by atoms with van der Waals surface area (Å²) in [5.41, 5.74) is 1.02. The summed E-state index contributed by atoms with van der Waals surface area (Å²) in [5.74, 6) is -0.902. The van der Waals surface area contributed by atoms with Crippen molar-refractivity contribution in [3.05, 3.63) is 35.9 Å². The van der Waals surface area contributed by atoms with Crippen LogP contribution in [0.2, 0.25) is 0 Å². The average Bonchev–Trinajstić information content (AvgIpc) is 2.52. The minimum Gasteiger partial charge on any atom is -0.481 e. The molecule has 23 heavy (non-hydrogen) atoms. The molecule has 1 rings (SSSR count). The Labute approximate surface area is 135 Å². The summed E-state index contributed by atoms with van der Waals surface area (Å²) < 4.78 is 4.77. The number of rotatable bonds is 10. The minimum atomic E-state index is -0.902. The fourth-order valence-corrected chi connectivity index (χ4v) is 2.12. The van der Waals surface area contributed by atoms with Gasteiger partial charge in [-0.2, -0.15) is 0 Å². The van der Waals surface area contributed by atoms with Gasteiger partial charge in [-0.15, -0.1) is 0 Å². The summed E-state index contributed by atoms with van der Waals surface area (Å²) in [6.07, 6.45) is 0.0715. The number of methoxy groups -OCH3 is 1. The van der Waals surface area contributed by atoms with Crippen molar-refractivity contribution in [2.45, 2.75) is 31.4 Å². The van der Waals surface area contributed by atoms with E-state index < -0.39 is 18.1 Å². The number of ether oxygens (including phenoxy) is 1. The van der Waals surface area contributed by atoms with Gasteiger partial charge in [0.15, 0.2) is 0 Å². The first kappa shape index (κ1) is 18.9. The van der Waals surface area contributed by atoms with Crippen molar-refractivity contribution in [1.29, 1.82) is 0 Å². The first-order chi connectivity index (χ1) is 11.0. The van der Waals surface area contributed by atoms with Crippen LogP contribution in [0.4, 0.5) is 4.79 Å². The Bertz CT molecular complexity index is 481. The summed E-state index contributed by atoms with van der Waals surface area (Å²) in [6, 6.07) is 8.80. The third kappa shape index (κ3) is 8.80. The molecular formula is C16H24N2O5. The average molecular weight is 324 g/mol. The van der Waals surface area contributed by atoms with Crippen LogP contribution in [0.1, 0.15) is 18.4 Å². The van der Waals surface area contributed by atoms with E-state index in [4.69, 9.17) is 9.84 Å². The normalized spacial score (nSPS) is 13.1. The molecule has 0 aromatic heterocycles. The smallest absolute Gasteiger partial charge is 0.315 e. The fraction of sp³-hybridized carbons (Fsp3) is 0.500. The molecule has 1 aromatic carbocycles. The molecule has 2 atom stereocenters. The van der Waals surface area contributed by atoms with Gasteiger partial charge in [0, 0.05) is 26.1 Å². The van der Waals surface area contributed by atoms with Gasteiger partial charge in [0.25, 0.3) is 0 Å². The van der Waals surface area contributed by atoms with Crippen molar-refractivity contribution in [3.8, 4) is 0 Å². The topological polar surface area (TPSA) is 108 Å². The number of carboxylic acid groups (broad SMARTS) is 1. The predicted octanol–water partition coefficient (Wildman–Crippen LogP) is 0.769. The van der Waals surface area contributed by atoms with Gasteiger partial charge >= 0.3 is 12.0 Å². The number of aliphatic hydroxyl groups excluding tert-OH is 1. The fourth-order valence-electron chi connectivity index (χ4n) is 2.12. The third-order valence-electron chi connectivity index (χ3n) is 3.22. The van der Waals surface area contributed by atoms with E-state index in [1.165, 1.54) is 7.11 Å². The highest BCUT2D eigenvalue weighted by Gasteiger charge is 2.15. The van der Waals surface area contributed by atoms with Crippen molar-refractivity contribution in [1.82, 2.24) is 10.6 Å². The third-order valence-corrected chi connectivity index (χ3v) is 3.22. The standard InChI is InChI=1S/C16H24N2O5/c1-23-11-14(19)10-17-16(22)18-13(7-8-15(20)21)9-12-5-3-2-4-6-12/h2-6,13-14,19H,7-11H2,1H3,(H,20,21)(H2,17,18,22). The van der Waals surface area contributed by atoms with Crippen molar-refractivity contribution in [2.75, 3.05) is 20.3 Å². The SMILES string of the molecule is COCC(O)CNC(=O)NC(CCC(=O)O)Cc1ccccc1. The summed E-state index contributed by atoms with van der Waals surface area (Å²) >= 11 is 0. The Hall–Kier alpha value is -2.12. The lowest BCUT2D eigenvalue weighted by Crippen LogP contribution is -2.46. The highest BCUT2D eigenvalue weighted by Crippen LogP contribution is 2.08. The van der Waals surface area contributed by atoms with Gasteiger partial charge in [-0.25, -0.2) is 4.79 Å². The number of urea groups is 1. The molecule has 0 heterocycles. The van der Waals surface area contributed by atoms with E-state index in [1.807, 2.05) is 30.3 Å². The molecule has 4 N–H and O–H groups in total. The lowest BCUT2D eigenvalue weighted by molar-refractivity contribution is -0.137. The highest BCUT2D eigenvalue weighted by molar-refractivity contribution is 5.74. The Morgan fingerprint density at radius 1 is 1.26 bits per heavy atom. The second-order valence-electron chi connectivity index (χ2n) is 5.28. The largest absolute Gasteiger partial charge is 0.481 e. The van der Waals surface area contributed by atoms with Gasteiger partial charge in [-0.05, 0) is 18.4 Å². The lowest BCUT2D eigenvalue weighted by Gasteiger charge is -2.19.